The van der Waals surface area contributed by atoms with Crippen LogP contribution in [0, 0.1) is 6.92 Å². The van der Waals surface area contributed by atoms with Crippen LogP contribution in [0.5, 0.6) is 0 Å². The maximum Gasteiger partial charge on any atom is 0.129 e. The molecule has 0 saturated carbocycles. The molecule has 2 aromatic carbocycles. The lowest BCUT2D eigenvalue weighted by atomic mass is 10.2. The number of benzene rings is 2. The number of para-hydroxylation sites is 1. The van der Waals surface area contributed by atoms with Crippen molar-refractivity contribution in [3.8, 4) is 5.69 Å². The van der Waals surface area contributed by atoms with Gasteiger partial charge < -0.3 is 0 Å². The highest BCUT2D eigenvalue weighted by Gasteiger charge is 2.15. The number of aromatic nitrogens is 2. The van der Waals surface area contributed by atoms with Gasteiger partial charge in [-0.15, -0.1) is 11.6 Å². The minimum atomic E-state index is 0.340. The molecule has 102 valence electrons. The Morgan fingerprint density at radius 2 is 2.05 bits per heavy atom. The van der Waals surface area contributed by atoms with E-state index in [1.807, 2.05) is 47.9 Å². The first-order chi connectivity index (χ1) is 9.61. The molecule has 0 aliphatic rings. The smallest absolute Gasteiger partial charge is 0.129 e. The fourth-order valence-corrected chi connectivity index (χ4v) is 3.07. The number of nitrogens with zero attached hydrogens (tertiary/aromatic N) is 2. The van der Waals surface area contributed by atoms with Crippen LogP contribution in [0.25, 0.3) is 16.7 Å². The van der Waals surface area contributed by atoms with Gasteiger partial charge in [-0.25, -0.2) is 4.98 Å². The zero-order valence-electron chi connectivity index (χ0n) is 10.7. The van der Waals surface area contributed by atoms with E-state index in [1.54, 1.807) is 0 Å². The van der Waals surface area contributed by atoms with E-state index in [9.17, 15) is 0 Å². The van der Waals surface area contributed by atoms with Gasteiger partial charge >= 0.3 is 0 Å². The van der Waals surface area contributed by atoms with Crippen molar-refractivity contribution in [3.63, 3.8) is 0 Å². The third-order valence-electron chi connectivity index (χ3n) is 3.22. The van der Waals surface area contributed by atoms with Gasteiger partial charge in [0.15, 0.2) is 0 Å². The molecule has 5 heteroatoms. The van der Waals surface area contributed by atoms with Crippen LogP contribution in [0.4, 0.5) is 0 Å². The molecule has 0 atom stereocenters. The number of alkyl halides is 1. The summed E-state index contributed by atoms with van der Waals surface area (Å²) in [5, 5.41) is 0.679. The van der Waals surface area contributed by atoms with Gasteiger partial charge in [-0.05, 0) is 52.7 Å². The van der Waals surface area contributed by atoms with Crippen molar-refractivity contribution >= 4 is 50.2 Å². The third-order valence-corrected chi connectivity index (χ3v) is 4.37. The van der Waals surface area contributed by atoms with Crippen LogP contribution < -0.4 is 0 Å². The summed E-state index contributed by atoms with van der Waals surface area (Å²) in [7, 11) is 0. The first kappa shape index (κ1) is 13.9. The van der Waals surface area contributed by atoms with Gasteiger partial charge in [0.2, 0.25) is 0 Å². The minimum absolute atomic E-state index is 0.340. The van der Waals surface area contributed by atoms with Crippen molar-refractivity contribution in [2.45, 2.75) is 12.8 Å². The predicted octanol–water partition coefficient (Wildman–Crippen LogP) is 5.49. The van der Waals surface area contributed by atoms with Gasteiger partial charge in [-0.3, -0.25) is 4.57 Å². The molecule has 0 radical (unpaired) electrons. The highest BCUT2D eigenvalue weighted by molar-refractivity contribution is 9.10. The molecule has 2 nitrogen and oxygen atoms in total. The van der Waals surface area contributed by atoms with Gasteiger partial charge in [0.25, 0.3) is 0 Å². The lowest BCUT2D eigenvalue weighted by Crippen LogP contribution is -2.00. The second-order valence-corrected chi connectivity index (χ2v) is 6.09. The molecule has 0 saturated heterocycles. The molecule has 1 heterocycles. The quantitative estimate of drug-likeness (QED) is 0.546. The molecule has 0 unspecified atom stereocenters. The number of hydrogen-bond donors (Lipinski definition) is 0. The van der Waals surface area contributed by atoms with Crippen LogP contribution in [0.3, 0.4) is 0 Å². The van der Waals surface area contributed by atoms with E-state index in [1.165, 1.54) is 0 Å². The zero-order chi connectivity index (χ0) is 14.3. The van der Waals surface area contributed by atoms with E-state index in [4.69, 9.17) is 23.2 Å². The molecule has 0 N–H and O–H groups in total. The third kappa shape index (κ3) is 2.24. The summed E-state index contributed by atoms with van der Waals surface area (Å²) in [5.41, 5.74) is 4.07. The highest BCUT2D eigenvalue weighted by Crippen LogP contribution is 2.31. The van der Waals surface area contributed by atoms with Crippen molar-refractivity contribution < 1.29 is 0 Å². The van der Waals surface area contributed by atoms with Gasteiger partial charge in [0, 0.05) is 9.50 Å². The van der Waals surface area contributed by atoms with E-state index >= 15 is 0 Å². The van der Waals surface area contributed by atoms with Gasteiger partial charge in [-0.1, -0.05) is 23.7 Å². The summed E-state index contributed by atoms with van der Waals surface area (Å²) in [6.45, 7) is 2.05. The number of halogens is 3. The molecular weight excluding hydrogens is 359 g/mol. The summed E-state index contributed by atoms with van der Waals surface area (Å²) in [5.74, 6) is 1.14. The lowest BCUT2D eigenvalue weighted by Gasteiger charge is -2.10. The molecular formula is C15H11BrCl2N2. The fourth-order valence-electron chi connectivity index (χ4n) is 2.30. The van der Waals surface area contributed by atoms with Crippen molar-refractivity contribution in [1.29, 1.82) is 0 Å². The summed E-state index contributed by atoms with van der Waals surface area (Å²) in [6.07, 6.45) is 0. The molecule has 3 aromatic rings. The molecule has 1 aromatic heterocycles. The summed E-state index contributed by atoms with van der Waals surface area (Å²) in [4.78, 5) is 4.64. The van der Waals surface area contributed by atoms with Crippen LogP contribution >= 0.6 is 39.1 Å². The summed E-state index contributed by atoms with van der Waals surface area (Å²) < 4.78 is 3.00. The molecule has 0 fully saturated rings. The highest BCUT2D eigenvalue weighted by atomic mass is 79.9. The molecule has 20 heavy (non-hydrogen) atoms. The second-order valence-electron chi connectivity index (χ2n) is 4.54. The van der Waals surface area contributed by atoms with Crippen LogP contribution in [0.2, 0.25) is 5.02 Å². The Bertz CT molecular complexity index is 796. The van der Waals surface area contributed by atoms with Crippen molar-refractivity contribution in [1.82, 2.24) is 9.55 Å². The Labute approximate surface area is 135 Å². The minimum Gasteiger partial charge on any atom is -0.294 e. The average Bonchev–Trinajstić information content (AvgIpc) is 2.81. The molecule has 0 aliphatic carbocycles. The molecule has 0 aliphatic heterocycles. The van der Waals surface area contributed by atoms with Crippen molar-refractivity contribution in [3.05, 3.63) is 57.3 Å². The van der Waals surface area contributed by atoms with Gasteiger partial charge in [0.05, 0.1) is 22.6 Å². The fraction of sp³-hybridized carbons (Fsp3) is 0.133. The number of imidazole rings is 1. The van der Waals surface area contributed by atoms with Crippen LogP contribution in [0.1, 0.15) is 11.4 Å². The first-order valence-electron chi connectivity index (χ1n) is 6.10. The number of aryl methyl sites for hydroxylation is 1. The summed E-state index contributed by atoms with van der Waals surface area (Å²) in [6, 6.07) is 11.8. The van der Waals surface area contributed by atoms with E-state index in [2.05, 4.69) is 20.9 Å². The Kier molecular flexibility index (Phi) is 3.76. The number of fused-ring (bicyclic) bond motifs is 1. The second kappa shape index (κ2) is 5.40. The largest absolute Gasteiger partial charge is 0.294 e. The van der Waals surface area contributed by atoms with Crippen LogP contribution in [0.15, 0.2) is 40.9 Å². The average molecular weight is 370 g/mol. The normalized spacial score (nSPS) is 11.2. The van der Waals surface area contributed by atoms with E-state index in [0.717, 1.165) is 32.6 Å². The monoisotopic (exact) mass is 368 g/mol. The topological polar surface area (TPSA) is 17.8 Å². The molecule has 0 spiro atoms. The molecule has 0 amide bonds. The predicted molar refractivity (Wildman–Crippen MR) is 88.1 cm³/mol. The first-order valence-corrected chi connectivity index (χ1v) is 7.80. The zero-order valence-corrected chi connectivity index (χ0v) is 13.8. The van der Waals surface area contributed by atoms with Crippen molar-refractivity contribution in [2.24, 2.45) is 0 Å². The van der Waals surface area contributed by atoms with E-state index < -0.39 is 0 Å². The standard InChI is InChI=1S/C15H11BrCl2N2/c1-9-3-2-4-12-15(9)19-14(8-17)20(12)13-7-10(18)5-6-11(13)16/h2-7H,8H2,1H3. The lowest BCUT2D eigenvalue weighted by molar-refractivity contribution is 0.977. The SMILES string of the molecule is Cc1cccc2c1nc(CCl)n2-c1cc(Cl)ccc1Br. The van der Waals surface area contributed by atoms with E-state index in [-0.39, 0.29) is 0 Å². The Morgan fingerprint density at radius 1 is 1.25 bits per heavy atom. The Morgan fingerprint density at radius 3 is 2.80 bits per heavy atom. The Balaban J connectivity index is 2.40. The van der Waals surface area contributed by atoms with Gasteiger partial charge in [-0.2, -0.15) is 0 Å². The molecule has 3 rings (SSSR count). The maximum atomic E-state index is 6.12. The van der Waals surface area contributed by atoms with E-state index in [0.29, 0.717) is 10.9 Å². The van der Waals surface area contributed by atoms with Crippen LogP contribution in [-0.4, -0.2) is 9.55 Å². The summed E-state index contributed by atoms with van der Waals surface area (Å²) >= 11 is 15.8. The maximum absolute atomic E-state index is 6.12. The van der Waals surface area contributed by atoms with Crippen molar-refractivity contribution in [2.75, 3.05) is 0 Å². The Hall–Kier alpha value is -1.03. The number of rotatable bonds is 2. The molecule has 0 bridgehead atoms. The van der Waals surface area contributed by atoms with Crippen LogP contribution in [-0.2, 0) is 5.88 Å². The number of hydrogen-bond acceptors (Lipinski definition) is 1. The van der Waals surface area contributed by atoms with Gasteiger partial charge in [0.1, 0.15) is 5.82 Å².